The molecule has 10 nitrogen and oxygen atoms in total. The first kappa shape index (κ1) is 21.6. The lowest BCUT2D eigenvalue weighted by molar-refractivity contribution is -0.151. The third-order valence-electron chi connectivity index (χ3n) is 4.60. The van der Waals surface area contributed by atoms with Gasteiger partial charge in [-0.2, -0.15) is 0 Å². The van der Waals surface area contributed by atoms with E-state index >= 15 is 0 Å². The average molecular weight is 439 g/mol. The summed E-state index contributed by atoms with van der Waals surface area (Å²) in [4.78, 5) is 48.7. The van der Waals surface area contributed by atoms with Crippen LogP contribution in [0.1, 0.15) is 18.5 Å². The number of nitrogens with zero attached hydrogens (tertiary/aromatic N) is 1. The van der Waals surface area contributed by atoms with E-state index in [-0.39, 0.29) is 34.9 Å². The summed E-state index contributed by atoms with van der Waals surface area (Å²) in [7, 11) is 0. The van der Waals surface area contributed by atoms with Crippen LogP contribution in [0, 0.1) is 5.82 Å². The molecule has 1 saturated heterocycles. The fourth-order valence-electron chi connectivity index (χ4n) is 3.14. The Morgan fingerprint density at radius 2 is 2.13 bits per heavy atom. The van der Waals surface area contributed by atoms with Crippen LogP contribution in [0.5, 0.6) is 5.75 Å². The van der Waals surface area contributed by atoms with E-state index in [0.717, 1.165) is 17.0 Å². The van der Waals surface area contributed by atoms with Crippen molar-refractivity contribution in [1.82, 2.24) is 10.2 Å². The standard InChI is InChI=1S/C18H18FN3O7S/c1-7(23)29-5-8-6-30-17-13(16(26)22(17)14(8)18(27)28)21-15(25)12(20)10-3-2-9(24)4-11(10)19/h2-4,12-13,17,24H,5-6,20H2,1H3,(H,21,25)(H,27,28)/t12?,13-,17-/m1/s1. The van der Waals surface area contributed by atoms with Crippen LogP contribution in [0.3, 0.4) is 0 Å². The first-order valence-electron chi connectivity index (χ1n) is 8.69. The molecule has 12 heteroatoms. The van der Waals surface area contributed by atoms with Gasteiger partial charge in [0.05, 0.1) is 0 Å². The highest BCUT2D eigenvalue weighted by molar-refractivity contribution is 8.00. The SMILES string of the molecule is CC(=O)OCC1=C(C(=O)O)N2C(=O)[C@@H](NC(=O)C(N)c3ccc(O)cc3F)[C@H]2SC1. The Morgan fingerprint density at radius 1 is 1.43 bits per heavy atom. The van der Waals surface area contributed by atoms with Crippen molar-refractivity contribution in [3.8, 4) is 5.75 Å². The highest BCUT2D eigenvalue weighted by atomic mass is 32.2. The van der Waals surface area contributed by atoms with Gasteiger partial charge in [-0.3, -0.25) is 19.3 Å². The number of β-lactam (4-membered cyclic amide) rings is 1. The zero-order valence-electron chi connectivity index (χ0n) is 15.6. The van der Waals surface area contributed by atoms with E-state index in [2.05, 4.69) is 5.32 Å². The summed E-state index contributed by atoms with van der Waals surface area (Å²) in [5.41, 5.74) is 5.59. The first-order chi connectivity index (χ1) is 14.1. The van der Waals surface area contributed by atoms with Gasteiger partial charge in [0.15, 0.2) is 0 Å². The normalized spacial score (nSPS) is 21.4. The van der Waals surface area contributed by atoms with Crippen LogP contribution in [-0.2, 0) is 23.9 Å². The van der Waals surface area contributed by atoms with Crippen LogP contribution < -0.4 is 11.1 Å². The number of ether oxygens (including phenoxy) is 1. The molecular weight excluding hydrogens is 421 g/mol. The van der Waals surface area contributed by atoms with Crippen molar-refractivity contribution in [3.63, 3.8) is 0 Å². The van der Waals surface area contributed by atoms with Crippen molar-refractivity contribution in [3.05, 3.63) is 40.8 Å². The van der Waals surface area contributed by atoms with Crippen molar-refractivity contribution in [2.24, 2.45) is 5.73 Å². The number of nitrogens with two attached hydrogens (primary N) is 1. The number of aromatic hydroxyl groups is 1. The Labute approximate surface area is 173 Å². The van der Waals surface area contributed by atoms with Gasteiger partial charge >= 0.3 is 11.9 Å². The number of carbonyl (C=O) groups is 4. The molecule has 5 N–H and O–H groups in total. The number of amides is 2. The number of carboxylic acid groups (broad SMARTS) is 1. The molecule has 160 valence electrons. The Balaban J connectivity index is 1.73. The van der Waals surface area contributed by atoms with Gasteiger partial charge in [-0.1, -0.05) is 6.07 Å². The number of carboxylic acids is 1. The maximum absolute atomic E-state index is 13.9. The molecule has 2 amide bonds. The average Bonchev–Trinajstić information content (AvgIpc) is 2.68. The number of halogens is 1. The summed E-state index contributed by atoms with van der Waals surface area (Å²) in [6.45, 7) is 0.919. The molecule has 0 saturated carbocycles. The van der Waals surface area contributed by atoms with E-state index in [1.807, 2.05) is 0 Å². The molecule has 0 aromatic heterocycles. The molecule has 3 rings (SSSR count). The van der Waals surface area contributed by atoms with Crippen LogP contribution in [0.15, 0.2) is 29.5 Å². The van der Waals surface area contributed by atoms with Gasteiger partial charge in [-0.25, -0.2) is 9.18 Å². The molecule has 3 atom stereocenters. The van der Waals surface area contributed by atoms with Gasteiger partial charge < -0.3 is 26.0 Å². The third-order valence-corrected chi connectivity index (χ3v) is 5.94. The number of carbonyl (C=O) groups excluding carboxylic acids is 3. The van der Waals surface area contributed by atoms with Crippen LogP contribution in [0.2, 0.25) is 0 Å². The monoisotopic (exact) mass is 439 g/mol. The predicted molar refractivity (Wildman–Crippen MR) is 101 cm³/mol. The van der Waals surface area contributed by atoms with Gasteiger partial charge in [-0.05, 0) is 6.07 Å². The zero-order valence-corrected chi connectivity index (χ0v) is 16.4. The number of hydrogen-bond donors (Lipinski definition) is 4. The highest BCUT2D eigenvalue weighted by Gasteiger charge is 2.54. The molecule has 1 unspecified atom stereocenters. The lowest BCUT2D eigenvalue weighted by Crippen LogP contribution is -2.71. The number of rotatable bonds is 6. The minimum Gasteiger partial charge on any atom is -0.508 e. The van der Waals surface area contributed by atoms with Crippen molar-refractivity contribution in [1.29, 1.82) is 0 Å². The van der Waals surface area contributed by atoms with Crippen molar-refractivity contribution in [2.75, 3.05) is 12.4 Å². The quantitative estimate of drug-likeness (QED) is 0.349. The van der Waals surface area contributed by atoms with E-state index in [0.29, 0.717) is 0 Å². The molecule has 0 aliphatic carbocycles. The van der Waals surface area contributed by atoms with Gasteiger partial charge in [0.25, 0.3) is 5.91 Å². The van der Waals surface area contributed by atoms with Crippen molar-refractivity contribution in [2.45, 2.75) is 24.4 Å². The number of nitrogens with one attached hydrogen (secondary N) is 1. The molecule has 2 aliphatic heterocycles. The molecule has 1 aromatic carbocycles. The Morgan fingerprint density at radius 3 is 2.73 bits per heavy atom. The van der Waals surface area contributed by atoms with E-state index in [1.165, 1.54) is 24.8 Å². The summed E-state index contributed by atoms with van der Waals surface area (Å²) in [6, 6.07) is 0.664. The summed E-state index contributed by atoms with van der Waals surface area (Å²) < 4.78 is 18.8. The lowest BCUT2D eigenvalue weighted by atomic mass is 10.0. The molecular formula is C18H18FN3O7S. The number of hydrogen-bond acceptors (Lipinski definition) is 8. The lowest BCUT2D eigenvalue weighted by Gasteiger charge is -2.49. The fourth-order valence-corrected chi connectivity index (χ4v) is 4.46. The number of esters is 1. The molecule has 2 aliphatic rings. The summed E-state index contributed by atoms with van der Waals surface area (Å²) in [5, 5.41) is 20.5. The second-order valence-electron chi connectivity index (χ2n) is 6.62. The molecule has 1 fully saturated rings. The van der Waals surface area contributed by atoms with Crippen LogP contribution in [-0.4, -0.2) is 62.6 Å². The number of benzene rings is 1. The largest absolute Gasteiger partial charge is 0.508 e. The van der Waals surface area contributed by atoms with Crippen LogP contribution in [0.25, 0.3) is 0 Å². The predicted octanol–water partition coefficient (Wildman–Crippen LogP) is -0.167. The molecule has 0 bridgehead atoms. The van der Waals surface area contributed by atoms with Gasteiger partial charge in [0, 0.05) is 29.9 Å². The first-order valence-corrected chi connectivity index (χ1v) is 9.74. The topological polar surface area (TPSA) is 159 Å². The summed E-state index contributed by atoms with van der Waals surface area (Å²) in [5.74, 6) is -4.48. The summed E-state index contributed by atoms with van der Waals surface area (Å²) >= 11 is 1.19. The van der Waals surface area contributed by atoms with Crippen molar-refractivity contribution < 1.29 is 38.5 Å². The summed E-state index contributed by atoms with van der Waals surface area (Å²) in [6.07, 6.45) is 0. The number of phenolic OH excluding ortho intramolecular Hbond substituents is 1. The smallest absolute Gasteiger partial charge is 0.352 e. The van der Waals surface area contributed by atoms with Gasteiger partial charge in [-0.15, -0.1) is 11.8 Å². The maximum Gasteiger partial charge on any atom is 0.352 e. The fraction of sp³-hybridized carbons (Fsp3) is 0.333. The van der Waals surface area contributed by atoms with E-state index in [9.17, 15) is 33.8 Å². The molecule has 2 heterocycles. The van der Waals surface area contributed by atoms with E-state index in [1.54, 1.807) is 0 Å². The number of phenols is 1. The van der Waals surface area contributed by atoms with Crippen LogP contribution in [0.4, 0.5) is 4.39 Å². The Hall–Kier alpha value is -3.12. The number of aliphatic carboxylic acids is 1. The Kier molecular flexibility index (Phi) is 5.99. The van der Waals surface area contributed by atoms with Crippen molar-refractivity contribution >= 4 is 35.5 Å². The second-order valence-corrected chi connectivity index (χ2v) is 7.72. The minimum absolute atomic E-state index is 0.167. The minimum atomic E-state index is -1.44. The van der Waals surface area contributed by atoms with E-state index in [4.69, 9.17) is 10.5 Å². The number of thioether (sulfide) groups is 1. The third kappa shape index (κ3) is 3.96. The zero-order chi connectivity index (χ0) is 22.2. The Bertz CT molecular complexity index is 967. The highest BCUT2D eigenvalue weighted by Crippen LogP contribution is 2.40. The van der Waals surface area contributed by atoms with E-state index < -0.39 is 47.0 Å². The molecule has 0 radical (unpaired) electrons. The maximum atomic E-state index is 13.9. The second kappa shape index (κ2) is 8.32. The molecule has 1 aromatic rings. The number of fused-ring (bicyclic) bond motifs is 1. The van der Waals surface area contributed by atoms with Gasteiger partial charge in [0.2, 0.25) is 5.91 Å². The molecule has 30 heavy (non-hydrogen) atoms. The van der Waals surface area contributed by atoms with Crippen LogP contribution >= 0.6 is 11.8 Å². The van der Waals surface area contributed by atoms with Gasteiger partial charge in [0.1, 0.15) is 41.3 Å². The molecule has 0 spiro atoms.